The van der Waals surface area contributed by atoms with E-state index in [4.69, 9.17) is 0 Å². The molecule has 0 radical (unpaired) electrons. The number of hydroxylamine groups is 1. The molecule has 1 aromatic heterocycles. The molecular weight excluding hydrogens is 400 g/mol. The number of amides is 2. The Morgan fingerprint density at radius 3 is 2.13 bits per heavy atom. The van der Waals surface area contributed by atoms with Gasteiger partial charge < -0.3 is 20.0 Å². The predicted octanol–water partition coefficient (Wildman–Crippen LogP) is 1.71. The molecule has 1 saturated carbocycles. The number of benzene rings is 1. The lowest BCUT2D eigenvalue weighted by atomic mass is 9.75. The Bertz CT molecular complexity index is 904. The van der Waals surface area contributed by atoms with Gasteiger partial charge >= 0.3 is 0 Å². The van der Waals surface area contributed by atoms with Gasteiger partial charge in [0, 0.05) is 56.0 Å². The number of nitrogens with zero attached hydrogens (tertiary/aromatic N) is 3. The highest BCUT2D eigenvalue weighted by Crippen LogP contribution is 2.42. The summed E-state index contributed by atoms with van der Waals surface area (Å²) in [6.45, 7) is 2.57. The molecule has 1 aliphatic carbocycles. The van der Waals surface area contributed by atoms with Crippen LogP contribution in [0.1, 0.15) is 25.3 Å². The minimum atomic E-state index is -0.746. The molecule has 2 fully saturated rings. The van der Waals surface area contributed by atoms with Gasteiger partial charge in [0.2, 0.25) is 11.8 Å². The predicted molar refractivity (Wildman–Crippen MR) is 113 cm³/mol. The third-order valence-corrected chi connectivity index (χ3v) is 6.54. The number of nitrogens with one attached hydrogen (secondary N) is 1. The summed E-state index contributed by atoms with van der Waals surface area (Å²) in [4.78, 5) is 29.7. The number of para-hydroxylation sites is 1. The van der Waals surface area contributed by atoms with Crippen LogP contribution in [0.15, 0.2) is 42.5 Å². The van der Waals surface area contributed by atoms with E-state index < -0.39 is 17.7 Å². The fraction of sp³-hybridized carbons (Fsp3) is 0.455. The second kappa shape index (κ2) is 8.89. The van der Waals surface area contributed by atoms with E-state index >= 15 is 0 Å². The summed E-state index contributed by atoms with van der Waals surface area (Å²) in [5.74, 6) is -2.17. The number of rotatable bonds is 4. The largest absolute Gasteiger partial charge is 0.494 e. The Morgan fingerprint density at radius 1 is 0.871 bits per heavy atom. The van der Waals surface area contributed by atoms with Crippen LogP contribution in [0, 0.1) is 11.8 Å². The van der Waals surface area contributed by atoms with Crippen LogP contribution >= 0.6 is 0 Å². The van der Waals surface area contributed by atoms with Crippen molar-refractivity contribution in [2.75, 3.05) is 31.1 Å². The summed E-state index contributed by atoms with van der Waals surface area (Å²) < 4.78 is 1.37. The molecule has 3 atom stereocenters. The van der Waals surface area contributed by atoms with E-state index in [2.05, 4.69) is 4.90 Å². The number of hydrogen-bond acceptors (Lipinski definition) is 6. The minimum absolute atomic E-state index is 0.0827. The van der Waals surface area contributed by atoms with Gasteiger partial charge in [0.05, 0.1) is 5.92 Å². The molecule has 4 N–H and O–H groups in total. The summed E-state index contributed by atoms with van der Waals surface area (Å²) in [6.07, 6.45) is 1.20. The van der Waals surface area contributed by atoms with Crippen LogP contribution in [0.2, 0.25) is 0 Å². The summed E-state index contributed by atoms with van der Waals surface area (Å²) >= 11 is 0. The Hall–Kier alpha value is -3.20. The van der Waals surface area contributed by atoms with E-state index in [-0.39, 0.29) is 30.1 Å². The zero-order valence-corrected chi connectivity index (χ0v) is 17.2. The van der Waals surface area contributed by atoms with Gasteiger partial charge in [-0.15, -0.1) is 0 Å². The maximum atomic E-state index is 13.3. The van der Waals surface area contributed by atoms with Crippen LogP contribution in [0.4, 0.5) is 5.69 Å². The lowest BCUT2D eigenvalue weighted by Gasteiger charge is -2.41. The molecule has 31 heavy (non-hydrogen) atoms. The molecule has 0 bridgehead atoms. The topological polar surface area (TPSA) is 118 Å². The quantitative estimate of drug-likeness (QED) is 0.435. The molecule has 4 rings (SSSR count). The fourth-order valence-electron chi connectivity index (χ4n) is 4.91. The number of piperazine rings is 1. The van der Waals surface area contributed by atoms with Crippen LogP contribution < -0.4 is 10.4 Å². The molecule has 2 amide bonds. The molecule has 2 aromatic rings. The van der Waals surface area contributed by atoms with Gasteiger partial charge in [0.15, 0.2) is 11.8 Å². The van der Waals surface area contributed by atoms with Gasteiger partial charge in [-0.3, -0.25) is 19.4 Å². The fourth-order valence-corrected chi connectivity index (χ4v) is 4.91. The van der Waals surface area contributed by atoms with Gasteiger partial charge in [0.1, 0.15) is 0 Å². The van der Waals surface area contributed by atoms with Gasteiger partial charge in [-0.25, -0.2) is 5.48 Å². The van der Waals surface area contributed by atoms with E-state index in [0.29, 0.717) is 39.0 Å². The Morgan fingerprint density at radius 2 is 1.52 bits per heavy atom. The summed E-state index contributed by atoms with van der Waals surface area (Å²) in [7, 11) is 0. The Labute approximate surface area is 180 Å². The molecule has 1 aromatic carbocycles. The summed E-state index contributed by atoms with van der Waals surface area (Å²) in [6, 6.07) is 12.5. The molecule has 1 saturated heterocycles. The van der Waals surface area contributed by atoms with E-state index in [1.54, 1.807) is 10.4 Å². The third kappa shape index (κ3) is 4.18. The minimum Gasteiger partial charge on any atom is -0.494 e. The van der Waals surface area contributed by atoms with Crippen molar-refractivity contribution in [1.82, 2.24) is 14.9 Å². The first-order chi connectivity index (χ1) is 15.0. The summed E-state index contributed by atoms with van der Waals surface area (Å²) in [5, 5.41) is 29.3. The van der Waals surface area contributed by atoms with Gasteiger partial charge in [-0.05, 0) is 31.4 Å². The van der Waals surface area contributed by atoms with Crippen LogP contribution in [-0.2, 0) is 9.59 Å². The van der Waals surface area contributed by atoms with Crippen LogP contribution in [-0.4, -0.2) is 62.9 Å². The lowest BCUT2D eigenvalue weighted by Crippen LogP contribution is -2.53. The van der Waals surface area contributed by atoms with Crippen LogP contribution in [0.25, 0.3) is 0 Å². The standard InChI is InChI=1S/C22H28N4O5/c27-19-8-9-20(28)26(19)16-6-7-17(18(14-16)21(29)23-31)22(30)25-12-10-24(11-13-25)15-4-2-1-3-5-15/h1-5,8-9,16-18,27-28,31H,6-7,10-14H2,(H,23,29)/t16?,17?,18-/m0/s1. The van der Waals surface area contributed by atoms with Crippen molar-refractivity contribution >= 4 is 17.5 Å². The van der Waals surface area contributed by atoms with Crippen LogP contribution in [0.3, 0.4) is 0 Å². The zero-order valence-electron chi connectivity index (χ0n) is 17.2. The van der Waals surface area contributed by atoms with Crippen molar-refractivity contribution in [3.8, 4) is 11.8 Å². The van der Waals surface area contributed by atoms with E-state index in [1.807, 2.05) is 30.3 Å². The highest BCUT2D eigenvalue weighted by atomic mass is 16.5. The monoisotopic (exact) mass is 428 g/mol. The number of carbonyl (C=O) groups excluding carboxylic acids is 2. The number of anilines is 1. The Kier molecular flexibility index (Phi) is 6.03. The summed E-state index contributed by atoms with van der Waals surface area (Å²) in [5.41, 5.74) is 2.82. The molecule has 2 aliphatic rings. The Balaban J connectivity index is 1.44. The lowest BCUT2D eigenvalue weighted by molar-refractivity contribution is -0.148. The van der Waals surface area contributed by atoms with E-state index in [0.717, 1.165) is 5.69 Å². The molecular formula is C22H28N4O5. The second-order valence-corrected chi connectivity index (χ2v) is 8.22. The zero-order chi connectivity index (χ0) is 22.0. The maximum absolute atomic E-state index is 13.3. The highest BCUT2D eigenvalue weighted by Gasteiger charge is 2.42. The highest BCUT2D eigenvalue weighted by molar-refractivity contribution is 5.87. The first kappa shape index (κ1) is 21.0. The van der Waals surface area contributed by atoms with Gasteiger partial charge in [-0.1, -0.05) is 18.2 Å². The maximum Gasteiger partial charge on any atom is 0.247 e. The number of hydrogen-bond donors (Lipinski definition) is 4. The van der Waals surface area contributed by atoms with Crippen molar-refractivity contribution in [3.63, 3.8) is 0 Å². The van der Waals surface area contributed by atoms with Crippen molar-refractivity contribution < 1.29 is 25.0 Å². The first-order valence-corrected chi connectivity index (χ1v) is 10.6. The van der Waals surface area contributed by atoms with Gasteiger partial charge in [-0.2, -0.15) is 0 Å². The number of aromatic nitrogens is 1. The van der Waals surface area contributed by atoms with Crippen molar-refractivity contribution in [2.24, 2.45) is 11.8 Å². The van der Waals surface area contributed by atoms with Gasteiger partial charge in [0.25, 0.3) is 0 Å². The van der Waals surface area contributed by atoms with Crippen molar-refractivity contribution in [3.05, 3.63) is 42.5 Å². The molecule has 9 nitrogen and oxygen atoms in total. The first-order valence-electron chi connectivity index (χ1n) is 10.6. The van der Waals surface area contributed by atoms with Crippen LogP contribution in [0.5, 0.6) is 11.8 Å². The molecule has 1 aliphatic heterocycles. The molecule has 2 unspecified atom stereocenters. The van der Waals surface area contributed by atoms with Crippen molar-refractivity contribution in [2.45, 2.75) is 25.3 Å². The number of aromatic hydroxyl groups is 2. The second-order valence-electron chi connectivity index (χ2n) is 8.22. The molecule has 9 heteroatoms. The normalized spacial score (nSPS) is 24.1. The average molecular weight is 428 g/mol. The third-order valence-electron chi connectivity index (χ3n) is 6.54. The van der Waals surface area contributed by atoms with Crippen molar-refractivity contribution in [1.29, 1.82) is 0 Å². The van der Waals surface area contributed by atoms with E-state index in [1.165, 1.54) is 16.7 Å². The smallest absolute Gasteiger partial charge is 0.247 e. The number of carbonyl (C=O) groups is 2. The molecule has 2 heterocycles. The molecule has 0 spiro atoms. The molecule has 166 valence electrons. The SMILES string of the molecule is O=C(NO)[C@H]1CC(n2c(O)ccc2O)CCC1C(=O)N1CCN(c2ccccc2)CC1. The average Bonchev–Trinajstić information content (AvgIpc) is 3.16. The van der Waals surface area contributed by atoms with E-state index in [9.17, 15) is 25.0 Å².